The van der Waals surface area contributed by atoms with E-state index in [0.29, 0.717) is 6.61 Å². The fourth-order valence-electron chi connectivity index (χ4n) is 2.65. The lowest BCUT2D eigenvalue weighted by Gasteiger charge is -2.37. The summed E-state index contributed by atoms with van der Waals surface area (Å²) in [6, 6.07) is 0. The van der Waals surface area contributed by atoms with Gasteiger partial charge in [-0.3, -0.25) is 4.79 Å². The van der Waals surface area contributed by atoms with Crippen molar-refractivity contribution in [3.63, 3.8) is 0 Å². The Balaban J connectivity index is 1.87. The molecule has 0 aromatic heterocycles. The van der Waals surface area contributed by atoms with Crippen molar-refractivity contribution >= 4 is 14.1 Å². The summed E-state index contributed by atoms with van der Waals surface area (Å²) in [4.78, 5) is 12.1. The van der Waals surface area contributed by atoms with E-state index >= 15 is 0 Å². The summed E-state index contributed by atoms with van der Waals surface area (Å²) < 4.78 is 18.0. The Hall–Kier alpha value is -0.493. The monoisotopic (exact) mass is 340 g/mol. The third-order valence-electron chi connectivity index (χ3n) is 5.31. The molecule has 0 N–H and O–H groups in total. The van der Waals surface area contributed by atoms with Gasteiger partial charge in [-0.25, -0.2) is 0 Å². The molecule has 0 aromatic carbocycles. The summed E-state index contributed by atoms with van der Waals surface area (Å²) >= 11 is 0. The minimum atomic E-state index is -1.88. The van der Waals surface area contributed by atoms with Gasteiger partial charge in [0.15, 0.2) is 20.4 Å². The Kier molecular flexibility index (Phi) is 6.22. The number of hydrogen-bond donors (Lipinski definition) is 0. The second kappa shape index (κ2) is 7.60. The van der Waals surface area contributed by atoms with E-state index in [1.165, 1.54) is 19.3 Å². The zero-order valence-electron chi connectivity index (χ0n) is 15.3. The summed E-state index contributed by atoms with van der Waals surface area (Å²) in [5.74, 6) is -0.0211. The van der Waals surface area contributed by atoms with Crippen molar-refractivity contribution in [1.82, 2.24) is 0 Å². The van der Waals surface area contributed by atoms with Gasteiger partial charge in [0, 0.05) is 0 Å². The zero-order chi connectivity index (χ0) is 17.1. The molecule has 0 bridgehead atoms. The molecule has 1 aliphatic carbocycles. The van der Waals surface area contributed by atoms with Gasteiger partial charge in [-0.2, -0.15) is 0 Å². The van der Waals surface area contributed by atoms with E-state index in [0.717, 1.165) is 12.8 Å². The second-order valence-corrected chi connectivity index (χ2v) is 13.0. The molecule has 1 saturated carbocycles. The first-order chi connectivity index (χ1) is 10.7. The summed E-state index contributed by atoms with van der Waals surface area (Å²) in [7, 11) is -1.88. The summed E-state index contributed by atoms with van der Waals surface area (Å²) in [6.07, 6.45) is 8.55. The molecule has 0 saturated heterocycles. The number of ketones is 1. The van der Waals surface area contributed by atoms with Crippen molar-refractivity contribution in [3.05, 3.63) is 12.2 Å². The van der Waals surface area contributed by atoms with E-state index in [9.17, 15) is 4.79 Å². The largest absolute Gasteiger partial charge is 0.414 e. The molecule has 132 valence electrons. The van der Waals surface area contributed by atoms with Crippen molar-refractivity contribution in [2.45, 2.75) is 89.5 Å². The first-order valence-electron chi connectivity index (χ1n) is 8.86. The molecule has 4 nitrogen and oxygen atoms in total. The highest BCUT2D eigenvalue weighted by Crippen LogP contribution is 2.36. The number of carbonyl (C=O) groups is 1. The molecule has 0 unspecified atom stereocenters. The number of ether oxygens (including phenoxy) is 2. The fourth-order valence-corrected chi connectivity index (χ4v) is 3.65. The van der Waals surface area contributed by atoms with Gasteiger partial charge in [-0.05, 0) is 43.1 Å². The Morgan fingerprint density at radius 3 is 2.48 bits per heavy atom. The van der Waals surface area contributed by atoms with Crippen LogP contribution in [0.1, 0.15) is 52.9 Å². The number of rotatable bonds is 5. The van der Waals surface area contributed by atoms with Crippen LogP contribution in [0.3, 0.4) is 0 Å². The summed E-state index contributed by atoms with van der Waals surface area (Å²) in [5.41, 5.74) is 0. The van der Waals surface area contributed by atoms with Crippen LogP contribution >= 0.6 is 0 Å². The van der Waals surface area contributed by atoms with E-state index in [4.69, 9.17) is 13.9 Å². The molecular weight excluding hydrogens is 308 g/mol. The molecule has 2 aliphatic rings. The van der Waals surface area contributed by atoms with Crippen molar-refractivity contribution < 1.29 is 18.7 Å². The van der Waals surface area contributed by atoms with Crippen LogP contribution in [-0.4, -0.2) is 39.2 Å². The van der Waals surface area contributed by atoms with Crippen molar-refractivity contribution in [3.8, 4) is 0 Å². The Morgan fingerprint density at radius 2 is 1.87 bits per heavy atom. The van der Waals surface area contributed by atoms with Crippen LogP contribution in [-0.2, 0) is 18.7 Å². The van der Waals surface area contributed by atoms with Crippen molar-refractivity contribution in [2.24, 2.45) is 0 Å². The van der Waals surface area contributed by atoms with Gasteiger partial charge < -0.3 is 13.9 Å². The molecule has 0 aromatic rings. The van der Waals surface area contributed by atoms with E-state index in [1.807, 2.05) is 0 Å². The Morgan fingerprint density at radius 1 is 1.22 bits per heavy atom. The van der Waals surface area contributed by atoms with Gasteiger partial charge in [0.1, 0.15) is 6.10 Å². The molecule has 0 amide bonds. The van der Waals surface area contributed by atoms with Gasteiger partial charge >= 0.3 is 0 Å². The van der Waals surface area contributed by atoms with Crippen molar-refractivity contribution in [2.75, 3.05) is 6.61 Å². The quantitative estimate of drug-likeness (QED) is 0.703. The highest BCUT2D eigenvalue weighted by Gasteiger charge is 2.39. The highest BCUT2D eigenvalue weighted by atomic mass is 28.4. The van der Waals surface area contributed by atoms with Crippen LogP contribution in [0.15, 0.2) is 12.2 Å². The smallest absolute Gasteiger partial charge is 0.192 e. The molecule has 0 spiro atoms. The zero-order valence-corrected chi connectivity index (χ0v) is 16.3. The Labute approximate surface area is 141 Å². The van der Waals surface area contributed by atoms with Gasteiger partial charge in [0.2, 0.25) is 0 Å². The van der Waals surface area contributed by atoms with Crippen LogP contribution in [0, 0.1) is 0 Å². The SMILES string of the molecule is CC(C)(C)[Si](C)(C)OC[C@@H]1O[C@@H](OC2CCCCC2)C=CC1=O. The van der Waals surface area contributed by atoms with Crippen LogP contribution in [0.4, 0.5) is 0 Å². The predicted octanol–water partition coefficient (Wildman–Crippen LogP) is 4.21. The lowest BCUT2D eigenvalue weighted by atomic mass is 9.98. The standard InChI is InChI=1S/C18H32O4Si/c1-18(2,3)23(4,5)20-13-16-15(19)11-12-17(22-16)21-14-9-7-6-8-10-14/h11-12,14,16-17H,6-10,13H2,1-5H3/t16-,17+/m0/s1. The van der Waals surface area contributed by atoms with Crippen LogP contribution in [0.25, 0.3) is 0 Å². The fraction of sp³-hybridized carbons (Fsp3) is 0.833. The number of hydrogen-bond acceptors (Lipinski definition) is 4. The molecule has 0 radical (unpaired) electrons. The first kappa shape index (κ1) is 18.8. The summed E-state index contributed by atoms with van der Waals surface area (Å²) in [6.45, 7) is 11.3. The highest BCUT2D eigenvalue weighted by molar-refractivity contribution is 6.74. The van der Waals surface area contributed by atoms with Gasteiger partial charge in [0.25, 0.3) is 0 Å². The van der Waals surface area contributed by atoms with Crippen LogP contribution in [0.2, 0.25) is 18.1 Å². The third-order valence-corrected chi connectivity index (χ3v) is 9.81. The first-order valence-corrected chi connectivity index (χ1v) is 11.8. The predicted molar refractivity (Wildman–Crippen MR) is 93.9 cm³/mol. The van der Waals surface area contributed by atoms with Crippen LogP contribution < -0.4 is 0 Å². The second-order valence-electron chi connectivity index (χ2n) is 8.22. The lowest BCUT2D eigenvalue weighted by molar-refractivity contribution is -0.186. The molecule has 1 aliphatic heterocycles. The third kappa shape index (κ3) is 5.24. The van der Waals surface area contributed by atoms with Gasteiger partial charge in [0.05, 0.1) is 12.7 Å². The average molecular weight is 341 g/mol. The molecular formula is C18H32O4Si. The minimum absolute atomic E-state index is 0.0211. The van der Waals surface area contributed by atoms with E-state index in [1.54, 1.807) is 12.2 Å². The maximum Gasteiger partial charge on any atom is 0.192 e. The lowest BCUT2D eigenvalue weighted by Crippen LogP contribution is -2.46. The topological polar surface area (TPSA) is 44.8 Å². The molecule has 1 heterocycles. The Bertz CT molecular complexity index is 433. The van der Waals surface area contributed by atoms with E-state index in [2.05, 4.69) is 33.9 Å². The molecule has 1 fully saturated rings. The maximum atomic E-state index is 12.1. The van der Waals surface area contributed by atoms with Crippen LogP contribution in [0.5, 0.6) is 0 Å². The molecule has 2 atom stereocenters. The summed E-state index contributed by atoms with van der Waals surface area (Å²) in [5, 5.41) is 0.124. The molecule has 5 heteroatoms. The van der Waals surface area contributed by atoms with E-state index in [-0.39, 0.29) is 16.9 Å². The normalized spacial score (nSPS) is 27.4. The number of carbonyl (C=O) groups excluding carboxylic acids is 1. The average Bonchev–Trinajstić information content (AvgIpc) is 2.48. The van der Waals surface area contributed by atoms with Gasteiger partial charge in [-0.15, -0.1) is 0 Å². The maximum absolute atomic E-state index is 12.1. The minimum Gasteiger partial charge on any atom is -0.414 e. The van der Waals surface area contributed by atoms with Crippen molar-refractivity contribution in [1.29, 1.82) is 0 Å². The van der Waals surface area contributed by atoms with E-state index < -0.39 is 20.7 Å². The molecule has 23 heavy (non-hydrogen) atoms. The molecule has 2 rings (SSSR count). The van der Waals surface area contributed by atoms with Gasteiger partial charge in [-0.1, -0.05) is 40.0 Å².